The van der Waals surface area contributed by atoms with Gasteiger partial charge in [0.2, 0.25) is 0 Å². The van der Waals surface area contributed by atoms with Gasteiger partial charge in [0.05, 0.1) is 6.54 Å². The molecule has 0 atom stereocenters. The van der Waals surface area contributed by atoms with Crippen LogP contribution in [0.4, 0.5) is 0 Å². The fraction of sp³-hybridized carbons (Fsp3) is 0.263. The molecular weight excluding hydrogens is 256 g/mol. The third kappa shape index (κ3) is 4.75. The average molecular weight is 278 g/mol. The Hall–Kier alpha value is -2.08. The van der Waals surface area contributed by atoms with E-state index in [4.69, 9.17) is 5.73 Å². The summed E-state index contributed by atoms with van der Waals surface area (Å²) in [5.41, 5.74) is 10.4. The number of nitrogens with zero attached hydrogens (tertiary/aromatic N) is 1. The number of hydrogen-bond donors (Lipinski definition) is 1. The lowest BCUT2D eigenvalue weighted by atomic mass is 10.1. The van der Waals surface area contributed by atoms with E-state index in [2.05, 4.69) is 73.2 Å². The molecule has 108 valence electrons. The molecule has 0 aliphatic rings. The molecule has 2 aromatic rings. The molecule has 2 nitrogen and oxygen atoms in total. The normalized spacial score (nSPS) is 10.3. The van der Waals surface area contributed by atoms with Gasteiger partial charge >= 0.3 is 0 Å². The summed E-state index contributed by atoms with van der Waals surface area (Å²) in [6, 6.07) is 16.9. The average Bonchev–Trinajstić information content (AvgIpc) is 2.48. The molecule has 0 aliphatic heterocycles. The lowest BCUT2D eigenvalue weighted by molar-refractivity contribution is 0.318. The first-order valence-corrected chi connectivity index (χ1v) is 7.20. The minimum Gasteiger partial charge on any atom is -0.320 e. The van der Waals surface area contributed by atoms with Crippen molar-refractivity contribution in [3.8, 4) is 11.8 Å². The monoisotopic (exact) mass is 278 g/mol. The molecule has 0 bridgehead atoms. The molecule has 0 fully saturated rings. The van der Waals surface area contributed by atoms with Crippen LogP contribution >= 0.6 is 0 Å². The van der Waals surface area contributed by atoms with Crippen LogP contribution in [0.5, 0.6) is 0 Å². The van der Waals surface area contributed by atoms with E-state index in [0.717, 1.165) is 18.7 Å². The van der Waals surface area contributed by atoms with Gasteiger partial charge in [-0.15, -0.1) is 0 Å². The predicted octanol–water partition coefficient (Wildman–Crippen LogP) is 2.94. The second-order valence-electron chi connectivity index (χ2n) is 5.31. The van der Waals surface area contributed by atoms with Crippen molar-refractivity contribution in [1.82, 2.24) is 4.90 Å². The Morgan fingerprint density at radius 2 is 1.86 bits per heavy atom. The maximum absolute atomic E-state index is 5.41. The van der Waals surface area contributed by atoms with Crippen molar-refractivity contribution in [2.45, 2.75) is 20.0 Å². The van der Waals surface area contributed by atoms with Gasteiger partial charge in [0, 0.05) is 18.7 Å². The van der Waals surface area contributed by atoms with E-state index in [0.29, 0.717) is 6.54 Å². The summed E-state index contributed by atoms with van der Waals surface area (Å²) in [6.07, 6.45) is 0. The van der Waals surface area contributed by atoms with Gasteiger partial charge in [-0.3, -0.25) is 4.90 Å². The van der Waals surface area contributed by atoms with Gasteiger partial charge in [-0.1, -0.05) is 48.2 Å². The molecule has 0 spiro atoms. The third-order valence-corrected chi connectivity index (χ3v) is 3.42. The van der Waals surface area contributed by atoms with Crippen molar-refractivity contribution >= 4 is 0 Å². The zero-order chi connectivity index (χ0) is 15.1. The SMILES string of the molecule is Cc1ccccc1CN(C)Cc1cccc(C#CCN)c1. The Labute approximate surface area is 127 Å². The van der Waals surface area contributed by atoms with Crippen LogP contribution in [0, 0.1) is 18.8 Å². The quantitative estimate of drug-likeness (QED) is 0.871. The highest BCUT2D eigenvalue weighted by atomic mass is 15.1. The maximum Gasteiger partial charge on any atom is 0.0555 e. The van der Waals surface area contributed by atoms with Gasteiger partial charge in [-0.25, -0.2) is 0 Å². The van der Waals surface area contributed by atoms with E-state index in [1.165, 1.54) is 16.7 Å². The molecule has 0 saturated heterocycles. The number of benzene rings is 2. The van der Waals surface area contributed by atoms with Crippen LogP contribution in [-0.2, 0) is 13.1 Å². The molecule has 2 N–H and O–H groups in total. The summed E-state index contributed by atoms with van der Waals surface area (Å²) in [6.45, 7) is 4.42. The van der Waals surface area contributed by atoms with Crippen LogP contribution in [0.25, 0.3) is 0 Å². The van der Waals surface area contributed by atoms with E-state index in [1.54, 1.807) is 0 Å². The van der Waals surface area contributed by atoms with Gasteiger partial charge in [-0.05, 0) is 42.8 Å². The van der Waals surface area contributed by atoms with Gasteiger partial charge in [-0.2, -0.15) is 0 Å². The molecule has 0 unspecified atom stereocenters. The van der Waals surface area contributed by atoms with E-state index in [9.17, 15) is 0 Å². The fourth-order valence-corrected chi connectivity index (χ4v) is 2.35. The predicted molar refractivity (Wildman–Crippen MR) is 88.7 cm³/mol. The van der Waals surface area contributed by atoms with Gasteiger partial charge in [0.15, 0.2) is 0 Å². The maximum atomic E-state index is 5.41. The second-order valence-corrected chi connectivity index (χ2v) is 5.31. The smallest absolute Gasteiger partial charge is 0.0555 e. The van der Waals surface area contributed by atoms with Crippen molar-refractivity contribution in [3.05, 3.63) is 70.8 Å². The van der Waals surface area contributed by atoms with Crippen molar-refractivity contribution in [1.29, 1.82) is 0 Å². The van der Waals surface area contributed by atoms with Crippen LogP contribution in [0.2, 0.25) is 0 Å². The second kappa shape index (κ2) is 7.64. The number of aryl methyl sites for hydroxylation is 1. The standard InChI is InChI=1S/C19H22N2/c1-16-7-3-4-11-19(16)15-21(2)14-18-9-5-8-17(13-18)10-6-12-20/h3-5,7-9,11,13H,12,14-15,20H2,1-2H3. The molecule has 0 radical (unpaired) electrons. The summed E-state index contributed by atoms with van der Waals surface area (Å²) in [4.78, 5) is 2.32. The lowest BCUT2D eigenvalue weighted by Crippen LogP contribution is -2.17. The summed E-state index contributed by atoms with van der Waals surface area (Å²) in [7, 11) is 2.14. The van der Waals surface area contributed by atoms with E-state index in [-0.39, 0.29) is 0 Å². The van der Waals surface area contributed by atoms with Crippen LogP contribution in [0.3, 0.4) is 0 Å². The first-order chi connectivity index (χ1) is 10.2. The number of rotatable bonds is 4. The molecule has 0 heterocycles. The third-order valence-electron chi connectivity index (χ3n) is 3.42. The number of hydrogen-bond acceptors (Lipinski definition) is 2. The van der Waals surface area contributed by atoms with Crippen LogP contribution in [0.1, 0.15) is 22.3 Å². The molecule has 2 rings (SSSR count). The van der Waals surface area contributed by atoms with Crippen LogP contribution in [-0.4, -0.2) is 18.5 Å². The molecule has 0 aliphatic carbocycles. The lowest BCUT2D eigenvalue weighted by Gasteiger charge is -2.18. The van der Waals surface area contributed by atoms with Crippen molar-refractivity contribution in [2.24, 2.45) is 5.73 Å². The first-order valence-electron chi connectivity index (χ1n) is 7.20. The Balaban J connectivity index is 2.02. The van der Waals surface area contributed by atoms with Gasteiger partial charge in [0.25, 0.3) is 0 Å². The first kappa shape index (κ1) is 15.3. The number of nitrogens with two attached hydrogens (primary N) is 1. The topological polar surface area (TPSA) is 29.3 Å². The Bertz CT molecular complexity index is 650. The highest BCUT2D eigenvalue weighted by Gasteiger charge is 2.04. The van der Waals surface area contributed by atoms with E-state index in [1.807, 2.05) is 6.07 Å². The van der Waals surface area contributed by atoms with Crippen LogP contribution < -0.4 is 5.73 Å². The summed E-state index contributed by atoms with van der Waals surface area (Å²) >= 11 is 0. The Kier molecular flexibility index (Phi) is 5.57. The van der Waals surface area contributed by atoms with E-state index < -0.39 is 0 Å². The molecule has 2 heteroatoms. The Morgan fingerprint density at radius 1 is 1.05 bits per heavy atom. The summed E-state index contributed by atoms with van der Waals surface area (Å²) < 4.78 is 0. The van der Waals surface area contributed by atoms with Crippen LogP contribution in [0.15, 0.2) is 48.5 Å². The minimum absolute atomic E-state index is 0.400. The largest absolute Gasteiger partial charge is 0.320 e. The molecule has 0 saturated carbocycles. The highest BCUT2D eigenvalue weighted by Crippen LogP contribution is 2.12. The molecule has 21 heavy (non-hydrogen) atoms. The molecular formula is C19H22N2. The van der Waals surface area contributed by atoms with Crippen molar-refractivity contribution in [3.63, 3.8) is 0 Å². The molecule has 2 aromatic carbocycles. The zero-order valence-corrected chi connectivity index (χ0v) is 12.8. The fourth-order valence-electron chi connectivity index (χ4n) is 2.35. The minimum atomic E-state index is 0.400. The van der Waals surface area contributed by atoms with Crippen molar-refractivity contribution in [2.75, 3.05) is 13.6 Å². The van der Waals surface area contributed by atoms with Crippen molar-refractivity contribution < 1.29 is 0 Å². The van der Waals surface area contributed by atoms with E-state index >= 15 is 0 Å². The summed E-state index contributed by atoms with van der Waals surface area (Å²) in [5.74, 6) is 5.98. The highest BCUT2D eigenvalue weighted by molar-refractivity contribution is 5.37. The zero-order valence-electron chi connectivity index (χ0n) is 12.8. The Morgan fingerprint density at radius 3 is 2.62 bits per heavy atom. The van der Waals surface area contributed by atoms with Gasteiger partial charge < -0.3 is 5.73 Å². The molecule has 0 aromatic heterocycles. The summed E-state index contributed by atoms with van der Waals surface area (Å²) in [5, 5.41) is 0. The molecule has 0 amide bonds. The van der Waals surface area contributed by atoms with Gasteiger partial charge in [0.1, 0.15) is 0 Å².